The number of aromatic amines is 1. The van der Waals surface area contributed by atoms with E-state index < -0.39 is 10.0 Å². The Hall–Kier alpha value is -2.94. The Morgan fingerprint density at radius 1 is 1.03 bits per heavy atom. The second kappa shape index (κ2) is 7.71. The number of hydrogen-bond donors (Lipinski definition) is 2. The fraction of sp³-hybridized carbons (Fsp3) is 0.0476. The first-order valence-corrected chi connectivity index (χ1v) is 11.2. The molecule has 1 heterocycles. The highest BCUT2D eigenvalue weighted by molar-refractivity contribution is 7.92. The Morgan fingerprint density at radius 2 is 1.73 bits per heavy atom. The molecule has 0 aliphatic heterocycles. The number of halogens is 1. The van der Waals surface area contributed by atoms with Crippen molar-refractivity contribution in [3.63, 3.8) is 0 Å². The fourth-order valence-electron chi connectivity index (χ4n) is 3.16. The van der Waals surface area contributed by atoms with Crippen LogP contribution in [0.25, 0.3) is 16.6 Å². The van der Waals surface area contributed by atoms with Gasteiger partial charge in [0.15, 0.2) is 4.77 Å². The van der Waals surface area contributed by atoms with E-state index in [0.29, 0.717) is 22.2 Å². The van der Waals surface area contributed by atoms with Crippen molar-refractivity contribution >= 4 is 50.4 Å². The molecule has 0 saturated heterocycles. The molecule has 3 aromatic carbocycles. The number of sulfonamides is 1. The summed E-state index contributed by atoms with van der Waals surface area (Å²) in [6.07, 6.45) is 0. The SMILES string of the molecule is Cc1ccc(-n2c(=S)[nH]c3ccccc3c2=O)cc1S(=O)(=O)Nc1ccccc1Cl. The van der Waals surface area contributed by atoms with E-state index in [1.165, 1.54) is 10.6 Å². The van der Waals surface area contributed by atoms with Crippen LogP contribution in [0.4, 0.5) is 5.69 Å². The van der Waals surface area contributed by atoms with Gasteiger partial charge in [-0.15, -0.1) is 0 Å². The summed E-state index contributed by atoms with van der Waals surface area (Å²) in [6.45, 7) is 1.68. The number of hydrogen-bond acceptors (Lipinski definition) is 4. The zero-order chi connectivity index (χ0) is 21.5. The first-order chi connectivity index (χ1) is 14.3. The first-order valence-electron chi connectivity index (χ1n) is 8.90. The van der Waals surface area contributed by atoms with Gasteiger partial charge in [-0.05, 0) is 61.1 Å². The molecule has 0 unspecified atom stereocenters. The zero-order valence-electron chi connectivity index (χ0n) is 15.7. The smallest absolute Gasteiger partial charge is 0.266 e. The molecule has 0 fully saturated rings. The van der Waals surface area contributed by atoms with E-state index >= 15 is 0 Å². The van der Waals surface area contributed by atoms with Gasteiger partial charge in [-0.25, -0.2) is 8.42 Å². The largest absolute Gasteiger partial charge is 0.331 e. The van der Waals surface area contributed by atoms with Crippen LogP contribution < -0.4 is 10.3 Å². The van der Waals surface area contributed by atoms with Crippen LogP contribution in [0.5, 0.6) is 0 Å². The van der Waals surface area contributed by atoms with Crippen molar-refractivity contribution in [2.75, 3.05) is 4.72 Å². The lowest BCUT2D eigenvalue weighted by molar-refractivity contribution is 0.600. The summed E-state index contributed by atoms with van der Waals surface area (Å²) in [5.41, 5.74) is 1.41. The standard InChI is InChI=1S/C21H16ClN3O3S2/c1-13-10-11-14(25-20(26)15-6-2-4-8-17(15)23-21(25)29)12-19(13)30(27,28)24-18-9-5-3-7-16(18)22/h2-12,24H,1H3,(H,23,29). The molecule has 4 aromatic rings. The van der Waals surface area contributed by atoms with E-state index in [9.17, 15) is 13.2 Å². The highest BCUT2D eigenvalue weighted by atomic mass is 35.5. The van der Waals surface area contributed by atoms with Crippen LogP contribution in [-0.4, -0.2) is 18.0 Å². The van der Waals surface area contributed by atoms with Crippen LogP contribution in [0.2, 0.25) is 5.02 Å². The molecule has 4 rings (SSSR count). The summed E-state index contributed by atoms with van der Waals surface area (Å²) in [4.78, 5) is 16.1. The molecule has 0 spiro atoms. The Labute approximate surface area is 182 Å². The van der Waals surface area contributed by atoms with Gasteiger partial charge >= 0.3 is 0 Å². The van der Waals surface area contributed by atoms with Gasteiger partial charge in [-0.2, -0.15) is 0 Å². The Bertz CT molecular complexity index is 1510. The lowest BCUT2D eigenvalue weighted by Gasteiger charge is -2.14. The van der Waals surface area contributed by atoms with Crippen LogP contribution in [0, 0.1) is 11.7 Å². The number of aryl methyl sites for hydroxylation is 1. The number of benzene rings is 3. The molecule has 1 aromatic heterocycles. The maximum absolute atomic E-state index is 13.0. The summed E-state index contributed by atoms with van der Waals surface area (Å²) >= 11 is 11.5. The van der Waals surface area contributed by atoms with Crippen molar-refractivity contribution in [3.05, 3.63) is 92.4 Å². The number of aromatic nitrogens is 2. The minimum absolute atomic E-state index is 0.0226. The minimum atomic E-state index is -3.96. The molecule has 6 nitrogen and oxygen atoms in total. The van der Waals surface area contributed by atoms with Crippen LogP contribution in [0.3, 0.4) is 0 Å². The molecule has 0 saturated carbocycles. The lowest BCUT2D eigenvalue weighted by Crippen LogP contribution is -2.21. The zero-order valence-corrected chi connectivity index (χ0v) is 18.1. The maximum Gasteiger partial charge on any atom is 0.266 e. The van der Waals surface area contributed by atoms with Crippen LogP contribution >= 0.6 is 23.8 Å². The van der Waals surface area contributed by atoms with Gasteiger partial charge < -0.3 is 4.98 Å². The van der Waals surface area contributed by atoms with Gasteiger partial charge in [0.2, 0.25) is 0 Å². The van der Waals surface area contributed by atoms with Crippen molar-refractivity contribution in [2.45, 2.75) is 11.8 Å². The van der Waals surface area contributed by atoms with Crippen LogP contribution in [-0.2, 0) is 10.0 Å². The van der Waals surface area contributed by atoms with E-state index in [-0.39, 0.29) is 25.9 Å². The molecule has 0 atom stereocenters. The normalized spacial score (nSPS) is 11.5. The topological polar surface area (TPSA) is 84.0 Å². The number of para-hydroxylation sites is 2. The number of fused-ring (bicyclic) bond motifs is 1. The molecule has 2 N–H and O–H groups in total. The number of nitrogens with zero attached hydrogens (tertiary/aromatic N) is 1. The molecule has 9 heteroatoms. The summed E-state index contributed by atoms with van der Waals surface area (Å²) in [6, 6.07) is 18.3. The van der Waals surface area contributed by atoms with Crippen molar-refractivity contribution in [3.8, 4) is 5.69 Å². The molecule has 0 amide bonds. The second-order valence-corrected chi connectivity index (χ2v) is 9.10. The van der Waals surface area contributed by atoms with Crippen LogP contribution in [0.1, 0.15) is 5.56 Å². The van der Waals surface area contributed by atoms with Gasteiger partial charge in [-0.1, -0.05) is 41.9 Å². The quantitative estimate of drug-likeness (QED) is 0.431. The second-order valence-electron chi connectivity index (χ2n) is 6.65. The van der Waals surface area contributed by atoms with Gasteiger partial charge in [0, 0.05) is 0 Å². The van der Waals surface area contributed by atoms with Crippen molar-refractivity contribution in [2.24, 2.45) is 0 Å². The van der Waals surface area contributed by atoms with Gasteiger partial charge in [0.05, 0.1) is 32.2 Å². The van der Waals surface area contributed by atoms with Gasteiger partial charge in [0.25, 0.3) is 15.6 Å². The Balaban J connectivity index is 1.88. The molecule has 0 aliphatic rings. The highest BCUT2D eigenvalue weighted by Crippen LogP contribution is 2.26. The third-order valence-electron chi connectivity index (χ3n) is 4.64. The number of rotatable bonds is 4. The summed E-state index contributed by atoms with van der Waals surface area (Å²) < 4.78 is 30.1. The van der Waals surface area contributed by atoms with Crippen molar-refractivity contribution in [1.82, 2.24) is 9.55 Å². The number of nitrogens with one attached hydrogen (secondary N) is 2. The van der Waals surface area contributed by atoms with E-state index in [0.717, 1.165) is 0 Å². The molecular formula is C21H16ClN3O3S2. The molecule has 0 aliphatic carbocycles. The maximum atomic E-state index is 13.0. The monoisotopic (exact) mass is 457 g/mol. The molecular weight excluding hydrogens is 442 g/mol. The molecule has 0 radical (unpaired) electrons. The average molecular weight is 458 g/mol. The summed E-state index contributed by atoms with van der Waals surface area (Å²) in [5.74, 6) is 0. The van der Waals surface area contributed by atoms with E-state index in [1.54, 1.807) is 67.6 Å². The average Bonchev–Trinajstić information content (AvgIpc) is 2.70. The third-order valence-corrected chi connectivity index (χ3v) is 6.76. The lowest BCUT2D eigenvalue weighted by atomic mass is 10.2. The Kier molecular flexibility index (Phi) is 5.23. The summed E-state index contributed by atoms with van der Waals surface area (Å²) in [7, 11) is -3.96. The molecule has 152 valence electrons. The molecule has 0 bridgehead atoms. The third kappa shape index (κ3) is 3.65. The first kappa shape index (κ1) is 20.3. The summed E-state index contributed by atoms with van der Waals surface area (Å²) in [5, 5.41) is 0.730. The van der Waals surface area contributed by atoms with Gasteiger partial charge in [-0.3, -0.25) is 14.1 Å². The van der Waals surface area contributed by atoms with E-state index in [1.807, 2.05) is 0 Å². The fourth-order valence-corrected chi connectivity index (χ4v) is 5.04. The van der Waals surface area contributed by atoms with E-state index in [4.69, 9.17) is 23.8 Å². The predicted octanol–water partition coefficient (Wildman–Crippen LogP) is 4.81. The Morgan fingerprint density at radius 3 is 2.50 bits per heavy atom. The van der Waals surface area contributed by atoms with Crippen LogP contribution in [0.15, 0.2) is 76.4 Å². The highest BCUT2D eigenvalue weighted by Gasteiger charge is 2.20. The minimum Gasteiger partial charge on any atom is -0.331 e. The number of H-pyrrole nitrogens is 1. The number of anilines is 1. The van der Waals surface area contributed by atoms with Crippen molar-refractivity contribution in [1.29, 1.82) is 0 Å². The predicted molar refractivity (Wildman–Crippen MR) is 122 cm³/mol. The van der Waals surface area contributed by atoms with E-state index in [2.05, 4.69) is 9.71 Å². The van der Waals surface area contributed by atoms with Gasteiger partial charge in [0.1, 0.15) is 0 Å². The molecule has 30 heavy (non-hydrogen) atoms. The van der Waals surface area contributed by atoms with Crippen molar-refractivity contribution < 1.29 is 8.42 Å².